The van der Waals surface area contributed by atoms with Gasteiger partial charge in [0.15, 0.2) is 0 Å². The highest BCUT2D eigenvalue weighted by Crippen LogP contribution is 1.97. The Kier molecular flexibility index (Phi) is 13.0. The molecule has 1 aromatic carbocycles. The van der Waals surface area contributed by atoms with Crippen LogP contribution < -0.4 is 0 Å². The molecule has 1 unspecified atom stereocenters. The van der Waals surface area contributed by atoms with Crippen LogP contribution in [-0.4, -0.2) is 34.0 Å². The Balaban J connectivity index is 0. The number of carboxylic acid groups (broad SMARTS) is 1. The van der Waals surface area contributed by atoms with Crippen molar-refractivity contribution >= 4 is 12.0 Å². The lowest BCUT2D eigenvalue weighted by Gasteiger charge is -1.90. The summed E-state index contributed by atoms with van der Waals surface area (Å²) in [5.74, 6) is -0.833. The molecule has 0 fully saturated rings. The maximum Gasteiger partial charge on any atom is 0.300 e. The number of aliphatic carboxylic acids is 1. The van der Waals surface area contributed by atoms with Crippen molar-refractivity contribution in [1.82, 2.24) is 0 Å². The van der Waals surface area contributed by atoms with Gasteiger partial charge in [-0.15, -0.1) is 0 Å². The second-order valence-corrected chi connectivity index (χ2v) is 3.17. The van der Waals surface area contributed by atoms with Crippen LogP contribution in [0.15, 0.2) is 36.9 Å². The molecule has 0 amide bonds. The molecule has 0 aliphatic heterocycles. The number of carbonyl (C=O) groups is 1. The highest BCUT2D eigenvalue weighted by molar-refractivity contribution is 5.62. The van der Waals surface area contributed by atoms with E-state index < -0.39 is 12.1 Å². The van der Waals surface area contributed by atoms with Crippen molar-refractivity contribution in [2.75, 3.05) is 6.61 Å². The maximum atomic E-state index is 9.00. The Hall–Kier alpha value is -1.65. The summed E-state index contributed by atoms with van der Waals surface area (Å²) in [5, 5.41) is 23.4. The van der Waals surface area contributed by atoms with E-state index in [1.54, 1.807) is 0 Å². The summed E-state index contributed by atoms with van der Waals surface area (Å²) in [4.78, 5) is 9.00. The molecule has 1 aromatic rings. The van der Waals surface area contributed by atoms with Gasteiger partial charge in [-0.3, -0.25) is 4.79 Å². The number of hydrogen-bond donors (Lipinski definition) is 3. The fraction of sp³-hybridized carbons (Fsp3) is 0.308. The zero-order valence-electron chi connectivity index (χ0n) is 10.2. The highest BCUT2D eigenvalue weighted by atomic mass is 16.4. The Labute approximate surface area is 102 Å². The van der Waals surface area contributed by atoms with E-state index in [0.717, 1.165) is 6.92 Å². The van der Waals surface area contributed by atoms with E-state index in [2.05, 4.69) is 6.58 Å². The minimum Gasteiger partial charge on any atom is -0.481 e. The van der Waals surface area contributed by atoms with E-state index in [-0.39, 0.29) is 6.61 Å². The molecule has 96 valence electrons. The van der Waals surface area contributed by atoms with Crippen molar-refractivity contribution in [2.45, 2.75) is 20.0 Å². The van der Waals surface area contributed by atoms with E-state index in [0.29, 0.717) is 0 Å². The first kappa shape index (κ1) is 17.7. The van der Waals surface area contributed by atoms with Gasteiger partial charge in [0.05, 0.1) is 12.7 Å². The summed E-state index contributed by atoms with van der Waals surface area (Å²) in [6.45, 7) is 6.10. The molecule has 1 rings (SSSR count). The number of hydrogen-bond acceptors (Lipinski definition) is 3. The van der Waals surface area contributed by atoms with E-state index in [9.17, 15) is 0 Å². The van der Waals surface area contributed by atoms with Gasteiger partial charge in [-0.05, 0) is 12.5 Å². The van der Waals surface area contributed by atoms with Gasteiger partial charge in [-0.25, -0.2) is 0 Å². The molecule has 0 aliphatic carbocycles. The zero-order valence-corrected chi connectivity index (χ0v) is 10.2. The lowest BCUT2D eigenvalue weighted by Crippen LogP contribution is -2.03. The van der Waals surface area contributed by atoms with Gasteiger partial charge in [0.1, 0.15) is 0 Å². The standard InChI is InChI=1S/C8H8.C3H8O2.C2H4O2/c1-2-8-6-4-3-5-7-8;1-3(5)2-4;1-2(3)4/h2-7H,1H2;3-5H,2H2,1H3;1H3,(H,3,4). The van der Waals surface area contributed by atoms with Gasteiger partial charge in [0.2, 0.25) is 0 Å². The van der Waals surface area contributed by atoms with Crippen LogP contribution in [0, 0.1) is 0 Å². The van der Waals surface area contributed by atoms with E-state index in [1.807, 2.05) is 36.4 Å². The predicted octanol–water partition coefficient (Wildman–Crippen LogP) is 1.78. The van der Waals surface area contributed by atoms with Gasteiger partial charge >= 0.3 is 0 Å². The average molecular weight is 240 g/mol. The van der Waals surface area contributed by atoms with Crippen LogP contribution in [0.3, 0.4) is 0 Å². The Morgan fingerprint density at radius 1 is 1.41 bits per heavy atom. The van der Waals surface area contributed by atoms with Crippen LogP contribution in [0.25, 0.3) is 6.08 Å². The summed E-state index contributed by atoms with van der Waals surface area (Å²) in [7, 11) is 0. The molecular weight excluding hydrogens is 220 g/mol. The van der Waals surface area contributed by atoms with Crippen LogP contribution in [0.5, 0.6) is 0 Å². The molecule has 17 heavy (non-hydrogen) atoms. The third-order valence-corrected chi connectivity index (χ3v) is 1.30. The van der Waals surface area contributed by atoms with Crippen LogP contribution in [0.1, 0.15) is 19.4 Å². The van der Waals surface area contributed by atoms with Crippen molar-refractivity contribution < 1.29 is 20.1 Å². The molecule has 0 spiro atoms. The van der Waals surface area contributed by atoms with E-state index in [4.69, 9.17) is 20.1 Å². The quantitative estimate of drug-likeness (QED) is 0.736. The van der Waals surface area contributed by atoms with Gasteiger partial charge < -0.3 is 15.3 Å². The number of benzene rings is 1. The van der Waals surface area contributed by atoms with E-state index >= 15 is 0 Å². The Bertz CT molecular complexity index is 290. The van der Waals surface area contributed by atoms with Gasteiger partial charge in [-0.2, -0.15) is 0 Å². The number of aliphatic hydroxyl groups excluding tert-OH is 2. The van der Waals surface area contributed by atoms with Gasteiger partial charge in [0, 0.05) is 6.92 Å². The van der Waals surface area contributed by atoms with Crippen molar-refractivity contribution in [1.29, 1.82) is 0 Å². The second kappa shape index (κ2) is 12.4. The summed E-state index contributed by atoms with van der Waals surface area (Å²) < 4.78 is 0. The largest absolute Gasteiger partial charge is 0.481 e. The second-order valence-electron chi connectivity index (χ2n) is 3.17. The molecule has 0 aromatic heterocycles. The van der Waals surface area contributed by atoms with E-state index in [1.165, 1.54) is 12.5 Å². The molecule has 3 N–H and O–H groups in total. The molecule has 0 radical (unpaired) electrons. The lowest BCUT2D eigenvalue weighted by atomic mass is 10.2. The zero-order chi connectivity index (χ0) is 13.7. The maximum absolute atomic E-state index is 9.00. The number of carboxylic acids is 1. The van der Waals surface area contributed by atoms with Crippen LogP contribution in [-0.2, 0) is 4.79 Å². The molecule has 4 nitrogen and oxygen atoms in total. The van der Waals surface area contributed by atoms with Crippen LogP contribution >= 0.6 is 0 Å². The molecule has 0 aliphatic rings. The first-order valence-corrected chi connectivity index (χ1v) is 5.10. The molecule has 0 heterocycles. The monoisotopic (exact) mass is 240 g/mol. The summed E-state index contributed by atoms with van der Waals surface area (Å²) in [6, 6.07) is 10.0. The first-order valence-electron chi connectivity index (χ1n) is 5.10. The molecular formula is C13H20O4. The molecule has 0 saturated heterocycles. The van der Waals surface area contributed by atoms with Crippen LogP contribution in [0.4, 0.5) is 0 Å². The fourth-order valence-corrected chi connectivity index (χ4v) is 0.589. The Morgan fingerprint density at radius 2 is 1.76 bits per heavy atom. The summed E-state index contributed by atoms with van der Waals surface area (Å²) >= 11 is 0. The molecule has 0 saturated carbocycles. The van der Waals surface area contributed by atoms with Gasteiger partial charge in [-0.1, -0.05) is 43.0 Å². The predicted molar refractivity (Wildman–Crippen MR) is 68.6 cm³/mol. The first-order chi connectivity index (χ1) is 7.93. The topological polar surface area (TPSA) is 77.8 Å². The third-order valence-electron chi connectivity index (χ3n) is 1.30. The third kappa shape index (κ3) is 20.4. The molecule has 1 atom stereocenters. The van der Waals surface area contributed by atoms with Crippen molar-refractivity contribution in [2.24, 2.45) is 0 Å². The lowest BCUT2D eigenvalue weighted by molar-refractivity contribution is -0.134. The Morgan fingerprint density at radius 3 is 1.94 bits per heavy atom. The van der Waals surface area contributed by atoms with Gasteiger partial charge in [0.25, 0.3) is 5.97 Å². The summed E-state index contributed by atoms with van der Waals surface area (Å²) in [6.07, 6.45) is 1.27. The minimum absolute atomic E-state index is 0.139. The number of aliphatic hydroxyl groups is 2. The normalized spacial score (nSPS) is 9.88. The smallest absolute Gasteiger partial charge is 0.300 e. The van der Waals surface area contributed by atoms with Crippen molar-refractivity contribution in [3.63, 3.8) is 0 Å². The average Bonchev–Trinajstić information content (AvgIpc) is 2.30. The minimum atomic E-state index is -0.833. The van der Waals surface area contributed by atoms with Crippen LogP contribution in [0.2, 0.25) is 0 Å². The SMILES string of the molecule is C=Cc1ccccc1.CC(=O)O.CC(O)CO. The number of rotatable bonds is 2. The van der Waals surface area contributed by atoms with Crippen molar-refractivity contribution in [3.05, 3.63) is 42.5 Å². The summed E-state index contributed by atoms with van der Waals surface area (Å²) in [5.41, 5.74) is 1.17. The molecule has 0 bridgehead atoms. The van der Waals surface area contributed by atoms with Crippen molar-refractivity contribution in [3.8, 4) is 0 Å². The highest BCUT2D eigenvalue weighted by Gasteiger charge is 1.83. The molecule has 4 heteroatoms. The fourth-order valence-electron chi connectivity index (χ4n) is 0.589.